The lowest BCUT2D eigenvalue weighted by molar-refractivity contribution is 0.0697. The number of nitriles is 1. The first-order valence-electron chi connectivity index (χ1n) is 13.5. The average Bonchev–Trinajstić information content (AvgIpc) is 3.74. The molecule has 1 N–H and O–H groups in total. The number of rotatable bonds is 10. The monoisotopic (exact) mass is 562 g/mol. The molecule has 1 saturated carbocycles. The summed E-state index contributed by atoms with van der Waals surface area (Å²) in [6, 6.07) is 24.9. The summed E-state index contributed by atoms with van der Waals surface area (Å²) in [6.45, 7) is 1.04. The number of pyridine rings is 1. The van der Waals surface area contributed by atoms with Gasteiger partial charge in [-0.05, 0) is 54.8 Å². The average molecular weight is 563 g/mol. The van der Waals surface area contributed by atoms with Crippen LogP contribution in [0.1, 0.15) is 45.7 Å². The second-order valence-corrected chi connectivity index (χ2v) is 10.3. The number of aromatic carboxylic acids is 1. The van der Waals surface area contributed by atoms with Gasteiger partial charge >= 0.3 is 5.97 Å². The van der Waals surface area contributed by atoms with Crippen molar-refractivity contribution in [3.05, 3.63) is 113 Å². The Hall–Kier alpha value is -5.07. The molecule has 0 saturated heterocycles. The Kier molecular flexibility index (Phi) is 7.15. The predicted octanol–water partition coefficient (Wildman–Crippen LogP) is 6.11. The predicted molar refractivity (Wildman–Crippen MR) is 154 cm³/mol. The van der Waals surface area contributed by atoms with Gasteiger partial charge in [-0.3, -0.25) is 0 Å². The van der Waals surface area contributed by atoms with Gasteiger partial charge in [0.25, 0.3) is 0 Å². The van der Waals surface area contributed by atoms with Crippen LogP contribution in [0.4, 0.5) is 4.39 Å². The molecule has 5 aromatic rings. The van der Waals surface area contributed by atoms with Gasteiger partial charge in [-0.15, -0.1) is 0 Å². The number of carboxylic acid groups (broad SMARTS) is 1. The summed E-state index contributed by atoms with van der Waals surface area (Å²) in [7, 11) is 1.65. The zero-order chi connectivity index (χ0) is 29.3. The SMILES string of the molecule is COCCn1c(C2(c3ccc(-c4cccc(OCc5ccc(C#N)cc5F)n4)cc3)CC2)nc2ccc(C(=O)O)cc21. The molecule has 0 bridgehead atoms. The van der Waals surface area contributed by atoms with Crippen LogP contribution in [0.25, 0.3) is 22.3 Å². The molecule has 2 heterocycles. The molecule has 210 valence electrons. The van der Waals surface area contributed by atoms with Gasteiger partial charge in [0.15, 0.2) is 0 Å². The van der Waals surface area contributed by atoms with Crippen molar-refractivity contribution in [2.75, 3.05) is 13.7 Å². The molecule has 3 aromatic carbocycles. The summed E-state index contributed by atoms with van der Waals surface area (Å²) in [5.74, 6) is -0.188. The molecular formula is C33H27FN4O4. The lowest BCUT2D eigenvalue weighted by atomic mass is 9.93. The zero-order valence-electron chi connectivity index (χ0n) is 22.9. The molecule has 0 unspecified atom stereocenters. The Bertz CT molecular complexity index is 1840. The molecule has 0 atom stereocenters. The molecule has 0 radical (unpaired) electrons. The maximum atomic E-state index is 14.3. The number of methoxy groups -OCH3 is 1. The van der Waals surface area contributed by atoms with Crippen molar-refractivity contribution < 1.29 is 23.8 Å². The fraction of sp³-hybridized carbons (Fsp3) is 0.212. The molecule has 8 nitrogen and oxygen atoms in total. The minimum absolute atomic E-state index is 0.00647. The number of fused-ring (bicyclic) bond motifs is 1. The first kappa shape index (κ1) is 27.1. The number of carbonyl (C=O) groups is 1. The number of hydrogen-bond acceptors (Lipinski definition) is 6. The highest BCUT2D eigenvalue weighted by molar-refractivity contribution is 5.92. The van der Waals surface area contributed by atoms with Crippen LogP contribution in [0.15, 0.2) is 78.9 Å². The Labute approximate surface area is 241 Å². The highest BCUT2D eigenvalue weighted by Crippen LogP contribution is 2.53. The molecule has 0 amide bonds. The van der Waals surface area contributed by atoms with Crippen molar-refractivity contribution >= 4 is 17.0 Å². The molecule has 6 rings (SSSR count). The van der Waals surface area contributed by atoms with E-state index < -0.39 is 11.8 Å². The van der Waals surface area contributed by atoms with E-state index in [4.69, 9.17) is 19.7 Å². The number of aromatic nitrogens is 3. The third-order valence-electron chi connectivity index (χ3n) is 7.71. The van der Waals surface area contributed by atoms with Crippen LogP contribution in [-0.2, 0) is 23.3 Å². The van der Waals surface area contributed by atoms with Crippen LogP contribution in [0.5, 0.6) is 5.88 Å². The third kappa shape index (κ3) is 5.08. The highest BCUT2D eigenvalue weighted by atomic mass is 19.1. The summed E-state index contributed by atoms with van der Waals surface area (Å²) in [6.07, 6.45) is 1.86. The molecule has 1 aliphatic rings. The van der Waals surface area contributed by atoms with Gasteiger partial charge in [-0.1, -0.05) is 36.4 Å². The summed E-state index contributed by atoms with van der Waals surface area (Å²) in [5, 5.41) is 18.5. The van der Waals surface area contributed by atoms with Gasteiger partial charge in [0.2, 0.25) is 5.88 Å². The summed E-state index contributed by atoms with van der Waals surface area (Å²) >= 11 is 0. The maximum absolute atomic E-state index is 14.3. The Morgan fingerprint density at radius 1 is 1.07 bits per heavy atom. The van der Waals surface area contributed by atoms with E-state index in [1.165, 1.54) is 6.07 Å². The molecular weight excluding hydrogens is 535 g/mol. The Balaban J connectivity index is 1.25. The second-order valence-electron chi connectivity index (χ2n) is 10.3. The van der Waals surface area contributed by atoms with Crippen LogP contribution < -0.4 is 4.74 Å². The number of carboxylic acids is 1. The topological polar surface area (TPSA) is 110 Å². The molecule has 1 fully saturated rings. The van der Waals surface area contributed by atoms with E-state index >= 15 is 0 Å². The van der Waals surface area contributed by atoms with Crippen molar-refractivity contribution in [3.8, 4) is 23.2 Å². The lowest BCUT2D eigenvalue weighted by Gasteiger charge is -2.18. The fourth-order valence-corrected chi connectivity index (χ4v) is 5.30. The van der Waals surface area contributed by atoms with E-state index in [1.807, 2.05) is 30.3 Å². The third-order valence-corrected chi connectivity index (χ3v) is 7.71. The van der Waals surface area contributed by atoms with Crippen molar-refractivity contribution in [1.29, 1.82) is 5.26 Å². The first-order valence-corrected chi connectivity index (χ1v) is 13.5. The van der Waals surface area contributed by atoms with Gasteiger partial charge in [0, 0.05) is 30.8 Å². The minimum atomic E-state index is -0.973. The van der Waals surface area contributed by atoms with Crippen molar-refractivity contribution in [3.63, 3.8) is 0 Å². The standard InChI is InChI=1S/C33H27FN4O4/c1-41-16-15-38-29-18-23(31(39)40)9-12-28(29)37-32(38)33(13-14-33)25-10-7-22(8-11-25)27-3-2-4-30(36-27)42-20-24-6-5-21(19-35)17-26(24)34/h2-12,17-18H,13-16,20H2,1H3,(H,39,40). The van der Waals surface area contributed by atoms with Crippen LogP contribution in [0.2, 0.25) is 0 Å². The lowest BCUT2D eigenvalue weighted by Crippen LogP contribution is -2.18. The maximum Gasteiger partial charge on any atom is 0.335 e. The smallest absolute Gasteiger partial charge is 0.335 e. The van der Waals surface area contributed by atoms with E-state index in [9.17, 15) is 14.3 Å². The summed E-state index contributed by atoms with van der Waals surface area (Å²) in [5.41, 5.74) is 4.86. The minimum Gasteiger partial charge on any atom is -0.478 e. The van der Waals surface area contributed by atoms with Crippen LogP contribution >= 0.6 is 0 Å². The molecule has 0 spiro atoms. The van der Waals surface area contributed by atoms with Crippen LogP contribution in [0.3, 0.4) is 0 Å². The van der Waals surface area contributed by atoms with Crippen molar-refractivity contribution in [1.82, 2.24) is 14.5 Å². The van der Waals surface area contributed by atoms with Crippen LogP contribution in [0, 0.1) is 17.1 Å². The first-order chi connectivity index (χ1) is 20.4. The zero-order valence-corrected chi connectivity index (χ0v) is 22.9. The number of hydrogen-bond donors (Lipinski definition) is 1. The number of nitrogens with zero attached hydrogens (tertiary/aromatic N) is 4. The molecule has 9 heteroatoms. The molecule has 42 heavy (non-hydrogen) atoms. The number of imidazole rings is 1. The normalized spacial score (nSPS) is 13.5. The molecule has 0 aliphatic heterocycles. The van der Waals surface area contributed by atoms with Crippen LogP contribution in [-0.4, -0.2) is 39.3 Å². The highest BCUT2D eigenvalue weighted by Gasteiger charge is 2.49. The van der Waals surface area contributed by atoms with Gasteiger partial charge in [-0.2, -0.15) is 5.26 Å². The number of ether oxygens (including phenoxy) is 2. The number of halogens is 1. The van der Waals surface area contributed by atoms with Crippen molar-refractivity contribution in [2.24, 2.45) is 0 Å². The molecule has 1 aliphatic carbocycles. The fourth-order valence-electron chi connectivity index (χ4n) is 5.30. The van der Waals surface area contributed by atoms with E-state index in [1.54, 1.807) is 43.5 Å². The van der Waals surface area contributed by atoms with Gasteiger partial charge < -0.3 is 19.1 Å². The van der Waals surface area contributed by atoms with E-state index in [0.29, 0.717) is 24.6 Å². The largest absolute Gasteiger partial charge is 0.478 e. The van der Waals surface area contributed by atoms with Gasteiger partial charge in [-0.25, -0.2) is 19.2 Å². The van der Waals surface area contributed by atoms with Gasteiger partial charge in [0.1, 0.15) is 18.2 Å². The summed E-state index contributed by atoms with van der Waals surface area (Å²) in [4.78, 5) is 21.2. The van der Waals surface area contributed by atoms with E-state index in [-0.39, 0.29) is 23.1 Å². The van der Waals surface area contributed by atoms with Gasteiger partial charge in [0.05, 0.1) is 45.9 Å². The summed E-state index contributed by atoms with van der Waals surface area (Å²) < 4.78 is 27.5. The van der Waals surface area contributed by atoms with E-state index in [0.717, 1.165) is 46.5 Å². The molecule has 2 aromatic heterocycles. The quantitative estimate of drug-likeness (QED) is 0.219. The Morgan fingerprint density at radius 2 is 1.88 bits per heavy atom. The second kappa shape index (κ2) is 11.1. The van der Waals surface area contributed by atoms with Crippen molar-refractivity contribution in [2.45, 2.75) is 31.4 Å². The Morgan fingerprint density at radius 3 is 2.57 bits per heavy atom. The number of benzene rings is 3. The van der Waals surface area contributed by atoms with E-state index in [2.05, 4.69) is 21.7 Å².